The van der Waals surface area contributed by atoms with E-state index in [1.165, 1.54) is 4.68 Å². The summed E-state index contributed by atoms with van der Waals surface area (Å²) in [7, 11) is 0. The van der Waals surface area contributed by atoms with Gasteiger partial charge in [-0.3, -0.25) is 4.79 Å². The summed E-state index contributed by atoms with van der Waals surface area (Å²) in [5, 5.41) is 10.5. The number of nitrogens with zero attached hydrogens (tertiary/aromatic N) is 4. The van der Waals surface area contributed by atoms with E-state index in [4.69, 9.17) is 4.74 Å². The minimum Gasteiger partial charge on any atom is -0.465 e. The van der Waals surface area contributed by atoms with Crippen LogP contribution in [0.15, 0.2) is 0 Å². The van der Waals surface area contributed by atoms with Crippen LogP contribution >= 0.6 is 0 Å². The molecule has 0 atom stereocenters. The molecule has 0 aliphatic heterocycles. The number of ether oxygens (including phenoxy) is 1. The van der Waals surface area contributed by atoms with Crippen molar-refractivity contribution in [2.24, 2.45) is 0 Å². The van der Waals surface area contributed by atoms with Crippen molar-refractivity contribution in [2.75, 3.05) is 6.61 Å². The van der Waals surface area contributed by atoms with Gasteiger partial charge < -0.3 is 9.53 Å². The van der Waals surface area contributed by atoms with Crippen LogP contribution in [0.5, 0.6) is 0 Å². The van der Waals surface area contributed by atoms with E-state index in [2.05, 4.69) is 15.5 Å². The number of esters is 1. The monoisotopic (exact) mass is 198 g/mol. The summed E-state index contributed by atoms with van der Waals surface area (Å²) < 4.78 is 5.95. The quantitative estimate of drug-likeness (QED) is 0.444. The van der Waals surface area contributed by atoms with Crippen LogP contribution in [0.2, 0.25) is 0 Å². The van der Waals surface area contributed by atoms with Gasteiger partial charge in [-0.15, -0.1) is 5.10 Å². The second-order valence-electron chi connectivity index (χ2n) is 2.43. The zero-order chi connectivity index (χ0) is 10.4. The molecule has 0 fully saturated rings. The normalized spacial score (nSPS) is 9.79. The molecular formula is C7H10N4O3. The summed E-state index contributed by atoms with van der Waals surface area (Å²) in [5.41, 5.74) is 0. The molecule has 0 spiro atoms. The first kappa shape index (κ1) is 10.3. The fourth-order valence-corrected chi connectivity index (χ4v) is 0.896. The fourth-order valence-electron chi connectivity index (χ4n) is 0.896. The molecule has 0 aliphatic rings. The number of hydrogen-bond acceptors (Lipinski definition) is 6. The summed E-state index contributed by atoms with van der Waals surface area (Å²) in [6.45, 7) is 1.96. The molecule has 76 valence electrons. The number of rotatable bonds is 5. The van der Waals surface area contributed by atoms with Crippen molar-refractivity contribution in [3.05, 3.63) is 5.82 Å². The molecule has 0 bridgehead atoms. The average molecular weight is 198 g/mol. The van der Waals surface area contributed by atoms with E-state index in [9.17, 15) is 9.59 Å². The van der Waals surface area contributed by atoms with E-state index in [0.717, 1.165) is 0 Å². The van der Waals surface area contributed by atoms with Crippen LogP contribution in [-0.4, -0.2) is 39.1 Å². The topological polar surface area (TPSA) is 87.0 Å². The van der Waals surface area contributed by atoms with E-state index >= 15 is 0 Å². The predicted octanol–water partition coefficient (Wildman–Crippen LogP) is -1.02. The van der Waals surface area contributed by atoms with Crippen LogP contribution in [0.4, 0.5) is 0 Å². The third-order valence-corrected chi connectivity index (χ3v) is 1.46. The molecule has 0 saturated carbocycles. The maximum absolute atomic E-state index is 11.0. The smallest absolute Gasteiger partial charge is 0.327 e. The molecule has 0 aromatic carbocycles. The van der Waals surface area contributed by atoms with Crippen molar-refractivity contribution in [2.45, 2.75) is 19.9 Å². The zero-order valence-corrected chi connectivity index (χ0v) is 7.71. The Balaban J connectivity index is 2.61. The van der Waals surface area contributed by atoms with Crippen LogP contribution in [0.25, 0.3) is 0 Å². The number of aldehydes is 1. The first-order chi connectivity index (χ1) is 6.77. The van der Waals surface area contributed by atoms with Crippen molar-refractivity contribution in [3.8, 4) is 0 Å². The van der Waals surface area contributed by atoms with Gasteiger partial charge in [-0.2, -0.15) is 0 Å². The highest BCUT2D eigenvalue weighted by Crippen LogP contribution is 1.93. The standard InChI is InChI=1S/C7H10N4O3/c1-2-14-7(13)5-11-6(3-4-12)8-9-10-11/h4H,2-3,5H2,1H3. The van der Waals surface area contributed by atoms with Gasteiger partial charge in [-0.1, -0.05) is 0 Å². The van der Waals surface area contributed by atoms with Gasteiger partial charge in [0.25, 0.3) is 0 Å². The third-order valence-electron chi connectivity index (χ3n) is 1.46. The molecule has 7 nitrogen and oxygen atoms in total. The van der Waals surface area contributed by atoms with Crippen molar-refractivity contribution in [3.63, 3.8) is 0 Å². The van der Waals surface area contributed by atoms with Gasteiger partial charge in [-0.05, 0) is 17.4 Å². The Morgan fingerprint density at radius 3 is 3.07 bits per heavy atom. The van der Waals surface area contributed by atoms with Crippen LogP contribution in [0.1, 0.15) is 12.7 Å². The Kier molecular flexibility index (Phi) is 3.71. The molecule has 1 aromatic heterocycles. The highest BCUT2D eigenvalue weighted by Gasteiger charge is 2.09. The minimum absolute atomic E-state index is 0.0655. The van der Waals surface area contributed by atoms with Gasteiger partial charge >= 0.3 is 5.97 Å². The summed E-state index contributed by atoms with van der Waals surface area (Å²) >= 11 is 0. The molecule has 0 aliphatic carbocycles. The minimum atomic E-state index is -0.424. The van der Waals surface area contributed by atoms with Crippen molar-refractivity contribution in [1.29, 1.82) is 0 Å². The van der Waals surface area contributed by atoms with Gasteiger partial charge in [0.15, 0.2) is 5.82 Å². The zero-order valence-electron chi connectivity index (χ0n) is 7.71. The molecule has 14 heavy (non-hydrogen) atoms. The maximum Gasteiger partial charge on any atom is 0.327 e. The predicted molar refractivity (Wildman–Crippen MR) is 44.2 cm³/mol. The Morgan fingerprint density at radius 1 is 1.64 bits per heavy atom. The molecule has 1 aromatic rings. The largest absolute Gasteiger partial charge is 0.465 e. The molecule has 0 unspecified atom stereocenters. The van der Waals surface area contributed by atoms with Crippen molar-refractivity contribution >= 4 is 12.3 Å². The molecule has 0 N–H and O–H groups in total. The highest BCUT2D eigenvalue weighted by atomic mass is 16.5. The third kappa shape index (κ3) is 2.61. The molecular weight excluding hydrogens is 188 g/mol. The lowest BCUT2D eigenvalue weighted by Crippen LogP contribution is -2.17. The number of carbonyl (C=O) groups excluding carboxylic acids is 2. The summed E-state index contributed by atoms with van der Waals surface area (Å²) in [6, 6.07) is 0. The maximum atomic E-state index is 11.0. The van der Waals surface area contributed by atoms with Crippen molar-refractivity contribution < 1.29 is 14.3 Å². The van der Waals surface area contributed by atoms with Crippen LogP contribution in [0, 0.1) is 0 Å². The van der Waals surface area contributed by atoms with Gasteiger partial charge in [0.05, 0.1) is 13.0 Å². The van der Waals surface area contributed by atoms with E-state index in [-0.39, 0.29) is 13.0 Å². The average Bonchev–Trinajstić information content (AvgIpc) is 2.54. The SMILES string of the molecule is CCOC(=O)Cn1nnnc1CC=O. The van der Waals surface area contributed by atoms with E-state index < -0.39 is 5.97 Å². The van der Waals surface area contributed by atoms with Crippen LogP contribution in [-0.2, 0) is 27.3 Å². The van der Waals surface area contributed by atoms with Gasteiger partial charge in [-0.25, -0.2) is 4.68 Å². The Morgan fingerprint density at radius 2 is 2.43 bits per heavy atom. The molecule has 7 heteroatoms. The first-order valence-electron chi connectivity index (χ1n) is 4.12. The van der Waals surface area contributed by atoms with Crippen molar-refractivity contribution in [1.82, 2.24) is 20.2 Å². The van der Waals surface area contributed by atoms with E-state index in [0.29, 0.717) is 18.7 Å². The second kappa shape index (κ2) is 5.05. The molecule has 0 radical (unpaired) electrons. The lowest BCUT2D eigenvalue weighted by molar-refractivity contribution is -0.144. The Bertz CT molecular complexity index is 322. The van der Waals surface area contributed by atoms with Gasteiger partial charge in [0.1, 0.15) is 12.8 Å². The Labute approximate surface area is 80.0 Å². The Hall–Kier alpha value is -1.79. The molecule has 1 rings (SSSR count). The summed E-state index contributed by atoms with van der Waals surface area (Å²) in [5.74, 6) is -0.0694. The first-order valence-corrected chi connectivity index (χ1v) is 4.12. The number of carbonyl (C=O) groups is 2. The highest BCUT2D eigenvalue weighted by molar-refractivity contribution is 5.69. The van der Waals surface area contributed by atoms with Gasteiger partial charge in [0.2, 0.25) is 0 Å². The summed E-state index contributed by atoms with van der Waals surface area (Å²) in [6.07, 6.45) is 0.764. The number of aromatic nitrogens is 4. The lowest BCUT2D eigenvalue weighted by atomic mass is 10.4. The summed E-state index contributed by atoms with van der Waals surface area (Å²) in [4.78, 5) is 21.3. The van der Waals surface area contributed by atoms with Gasteiger partial charge in [0, 0.05) is 0 Å². The molecule has 1 heterocycles. The van der Waals surface area contributed by atoms with Crippen LogP contribution in [0.3, 0.4) is 0 Å². The second-order valence-corrected chi connectivity index (χ2v) is 2.43. The van der Waals surface area contributed by atoms with Crippen LogP contribution < -0.4 is 0 Å². The van der Waals surface area contributed by atoms with E-state index in [1.807, 2.05) is 0 Å². The van der Waals surface area contributed by atoms with E-state index in [1.54, 1.807) is 6.92 Å². The lowest BCUT2D eigenvalue weighted by Gasteiger charge is -2.01. The number of hydrogen-bond donors (Lipinski definition) is 0. The number of tetrazole rings is 1. The fraction of sp³-hybridized carbons (Fsp3) is 0.571. The molecule has 0 saturated heterocycles. The molecule has 0 amide bonds.